The summed E-state index contributed by atoms with van der Waals surface area (Å²) in [6, 6.07) is 2.85. The summed E-state index contributed by atoms with van der Waals surface area (Å²) < 4.78 is 38.5. The maximum atomic E-state index is 12.5. The van der Waals surface area contributed by atoms with Gasteiger partial charge in [0.25, 0.3) is 5.56 Å². The normalized spacial score (nSPS) is 12.0. The maximum absolute atomic E-state index is 12.5. The van der Waals surface area contributed by atoms with Gasteiger partial charge in [-0.2, -0.15) is 13.2 Å². The zero-order chi connectivity index (χ0) is 12.6. The van der Waals surface area contributed by atoms with E-state index in [1.54, 1.807) is 0 Å². The average molecular weight is 243 g/mol. The van der Waals surface area contributed by atoms with Crippen LogP contribution in [0.3, 0.4) is 0 Å². The van der Waals surface area contributed by atoms with Crippen molar-refractivity contribution in [2.24, 2.45) is 5.73 Å². The first-order valence-electron chi connectivity index (χ1n) is 4.70. The molecule has 0 saturated carbocycles. The highest BCUT2D eigenvalue weighted by Gasteiger charge is 2.30. The molecule has 4 nitrogen and oxygen atoms in total. The molecule has 90 valence electrons. The largest absolute Gasteiger partial charge is 0.416 e. The molecule has 0 amide bonds. The van der Waals surface area contributed by atoms with Crippen molar-refractivity contribution >= 4 is 10.9 Å². The number of alkyl halides is 3. The van der Waals surface area contributed by atoms with Crippen molar-refractivity contribution in [1.82, 2.24) is 9.55 Å². The first-order valence-corrected chi connectivity index (χ1v) is 4.70. The number of benzene rings is 1. The number of aromatic nitrogens is 2. The van der Waals surface area contributed by atoms with Gasteiger partial charge in [-0.1, -0.05) is 0 Å². The van der Waals surface area contributed by atoms with E-state index in [9.17, 15) is 18.0 Å². The molecule has 0 atom stereocenters. The fourth-order valence-electron chi connectivity index (χ4n) is 1.47. The Kier molecular flexibility index (Phi) is 2.62. The van der Waals surface area contributed by atoms with E-state index in [1.807, 2.05) is 0 Å². The van der Waals surface area contributed by atoms with Crippen LogP contribution in [0.15, 0.2) is 29.3 Å². The molecule has 0 radical (unpaired) electrons. The number of hydrogen-bond donors (Lipinski definition) is 1. The third-order valence-corrected chi connectivity index (χ3v) is 2.35. The molecule has 2 rings (SSSR count). The second kappa shape index (κ2) is 3.85. The second-order valence-electron chi connectivity index (χ2n) is 3.43. The molecular weight excluding hydrogens is 235 g/mol. The Balaban J connectivity index is 2.75. The molecule has 17 heavy (non-hydrogen) atoms. The van der Waals surface area contributed by atoms with Gasteiger partial charge in [0.1, 0.15) is 0 Å². The molecule has 2 aromatic rings. The number of halogens is 3. The smallest absolute Gasteiger partial charge is 0.313 e. The molecule has 0 saturated heterocycles. The minimum absolute atomic E-state index is 0.0900. The summed E-state index contributed by atoms with van der Waals surface area (Å²) >= 11 is 0. The van der Waals surface area contributed by atoms with Gasteiger partial charge in [0.2, 0.25) is 0 Å². The van der Waals surface area contributed by atoms with Crippen molar-refractivity contribution in [3.63, 3.8) is 0 Å². The van der Waals surface area contributed by atoms with Crippen LogP contribution in [0.25, 0.3) is 10.9 Å². The van der Waals surface area contributed by atoms with Gasteiger partial charge in [-0.15, -0.1) is 0 Å². The molecule has 0 spiro atoms. The summed E-state index contributed by atoms with van der Waals surface area (Å²) in [7, 11) is 0. The molecular formula is C10H8F3N3O. The van der Waals surface area contributed by atoms with E-state index in [2.05, 4.69) is 4.98 Å². The van der Waals surface area contributed by atoms with Gasteiger partial charge in [0.15, 0.2) is 0 Å². The average Bonchev–Trinajstić information content (AvgIpc) is 2.28. The minimum atomic E-state index is -4.48. The van der Waals surface area contributed by atoms with Crippen LogP contribution >= 0.6 is 0 Å². The molecule has 1 aromatic heterocycles. The maximum Gasteiger partial charge on any atom is 0.416 e. The van der Waals surface area contributed by atoms with E-state index in [0.29, 0.717) is 0 Å². The van der Waals surface area contributed by atoms with E-state index < -0.39 is 17.3 Å². The number of nitrogens with two attached hydrogens (primary N) is 1. The lowest BCUT2D eigenvalue weighted by molar-refractivity contribution is -0.137. The summed E-state index contributed by atoms with van der Waals surface area (Å²) in [5.74, 6) is 0. The molecule has 2 N–H and O–H groups in total. The number of fused-ring (bicyclic) bond motifs is 1. The van der Waals surface area contributed by atoms with Gasteiger partial charge in [-0.3, -0.25) is 9.36 Å². The first kappa shape index (κ1) is 11.6. The Bertz CT molecular complexity index is 618. The zero-order valence-corrected chi connectivity index (χ0v) is 8.53. The zero-order valence-electron chi connectivity index (χ0n) is 8.53. The Hall–Kier alpha value is -1.89. The van der Waals surface area contributed by atoms with Gasteiger partial charge in [0.05, 0.1) is 29.5 Å². The molecule has 0 bridgehead atoms. The van der Waals surface area contributed by atoms with E-state index in [4.69, 9.17) is 5.73 Å². The van der Waals surface area contributed by atoms with Crippen LogP contribution in [0.1, 0.15) is 5.56 Å². The second-order valence-corrected chi connectivity index (χ2v) is 3.43. The molecule has 1 heterocycles. The van der Waals surface area contributed by atoms with Crippen LogP contribution in [-0.2, 0) is 12.8 Å². The number of nitrogens with zero attached hydrogens (tertiary/aromatic N) is 2. The quantitative estimate of drug-likeness (QED) is 0.821. The van der Waals surface area contributed by atoms with E-state index in [-0.39, 0.29) is 17.6 Å². The summed E-state index contributed by atoms with van der Waals surface area (Å²) in [6.45, 7) is -0.127. The van der Waals surface area contributed by atoms with Crippen LogP contribution in [0.2, 0.25) is 0 Å². The van der Waals surface area contributed by atoms with Gasteiger partial charge < -0.3 is 5.73 Å². The molecule has 0 aliphatic carbocycles. The standard InChI is InChI=1S/C10H8F3N3O/c11-10(12,13)6-1-2-8-7(3-6)9(17)16(4-14)5-15-8/h1-3,5H,4,14H2. The number of rotatable bonds is 1. The summed E-state index contributed by atoms with van der Waals surface area (Å²) in [5, 5.41) is -0.0900. The lowest BCUT2D eigenvalue weighted by Gasteiger charge is -2.08. The fraction of sp³-hybridized carbons (Fsp3) is 0.200. The molecule has 0 aliphatic rings. The van der Waals surface area contributed by atoms with Crippen LogP contribution < -0.4 is 11.3 Å². The summed E-state index contributed by atoms with van der Waals surface area (Å²) in [6.07, 6.45) is -3.28. The summed E-state index contributed by atoms with van der Waals surface area (Å²) in [4.78, 5) is 15.6. The van der Waals surface area contributed by atoms with Gasteiger partial charge in [-0.05, 0) is 18.2 Å². The molecule has 0 unspecified atom stereocenters. The van der Waals surface area contributed by atoms with E-state index in [1.165, 1.54) is 12.4 Å². The SMILES string of the molecule is NCn1cnc2ccc(C(F)(F)F)cc2c1=O. The van der Waals surface area contributed by atoms with Crippen molar-refractivity contribution < 1.29 is 13.2 Å². The van der Waals surface area contributed by atoms with Crippen LogP contribution in [0, 0.1) is 0 Å². The van der Waals surface area contributed by atoms with Crippen LogP contribution in [-0.4, -0.2) is 9.55 Å². The fourth-order valence-corrected chi connectivity index (χ4v) is 1.47. The predicted molar refractivity (Wildman–Crippen MR) is 55.2 cm³/mol. The lowest BCUT2D eigenvalue weighted by atomic mass is 10.1. The third-order valence-electron chi connectivity index (χ3n) is 2.35. The van der Waals surface area contributed by atoms with E-state index in [0.717, 1.165) is 16.7 Å². The number of hydrogen-bond acceptors (Lipinski definition) is 3. The molecule has 0 fully saturated rings. The lowest BCUT2D eigenvalue weighted by Crippen LogP contribution is -2.24. The minimum Gasteiger partial charge on any atom is -0.313 e. The van der Waals surface area contributed by atoms with Crippen LogP contribution in [0.5, 0.6) is 0 Å². The Morgan fingerprint density at radius 1 is 1.35 bits per heavy atom. The van der Waals surface area contributed by atoms with Gasteiger partial charge in [-0.25, -0.2) is 4.98 Å². The van der Waals surface area contributed by atoms with Crippen molar-refractivity contribution in [3.05, 3.63) is 40.4 Å². The van der Waals surface area contributed by atoms with Crippen molar-refractivity contribution in [1.29, 1.82) is 0 Å². The van der Waals surface area contributed by atoms with Gasteiger partial charge in [0, 0.05) is 0 Å². The Morgan fingerprint density at radius 2 is 2.06 bits per heavy atom. The summed E-state index contributed by atoms with van der Waals surface area (Å²) in [5.41, 5.74) is 4.03. The highest BCUT2D eigenvalue weighted by atomic mass is 19.4. The van der Waals surface area contributed by atoms with Crippen LogP contribution in [0.4, 0.5) is 13.2 Å². The Morgan fingerprint density at radius 3 is 2.65 bits per heavy atom. The monoisotopic (exact) mass is 243 g/mol. The molecule has 1 aromatic carbocycles. The van der Waals surface area contributed by atoms with Crippen molar-refractivity contribution in [2.75, 3.05) is 0 Å². The van der Waals surface area contributed by atoms with E-state index >= 15 is 0 Å². The highest BCUT2D eigenvalue weighted by Crippen LogP contribution is 2.30. The third kappa shape index (κ3) is 2.01. The predicted octanol–water partition coefficient (Wildman–Crippen LogP) is 1.33. The first-order chi connectivity index (χ1) is 7.93. The van der Waals surface area contributed by atoms with Gasteiger partial charge >= 0.3 is 6.18 Å². The Labute approximate surface area is 93.5 Å². The molecule has 7 heteroatoms. The highest BCUT2D eigenvalue weighted by molar-refractivity contribution is 5.78. The van der Waals surface area contributed by atoms with Crippen molar-refractivity contribution in [2.45, 2.75) is 12.8 Å². The van der Waals surface area contributed by atoms with Crippen molar-refractivity contribution in [3.8, 4) is 0 Å². The topological polar surface area (TPSA) is 60.9 Å². The molecule has 0 aliphatic heterocycles.